The van der Waals surface area contributed by atoms with E-state index < -0.39 is 23.2 Å². The molecule has 0 radical (unpaired) electrons. The third-order valence-electron chi connectivity index (χ3n) is 3.90. The second kappa shape index (κ2) is 5.19. The SMILES string of the molecule is CCC1(CC)C(=O)NC(=O)N1Cc1ccc(F)c(F)c1. The number of carbonyl (C=O) groups is 2. The molecule has 0 aromatic heterocycles. The van der Waals surface area contributed by atoms with Crippen LogP contribution in [0, 0.1) is 11.6 Å². The maximum atomic E-state index is 13.2. The third kappa shape index (κ3) is 2.15. The zero-order valence-corrected chi connectivity index (χ0v) is 11.4. The Morgan fingerprint density at radius 2 is 1.80 bits per heavy atom. The number of nitrogens with zero attached hydrogens (tertiary/aromatic N) is 1. The van der Waals surface area contributed by atoms with Gasteiger partial charge in [0.1, 0.15) is 5.54 Å². The summed E-state index contributed by atoms with van der Waals surface area (Å²) in [5, 5.41) is 2.29. The lowest BCUT2D eigenvalue weighted by molar-refractivity contribution is -0.127. The minimum absolute atomic E-state index is 0.0659. The minimum atomic E-state index is -0.966. The molecule has 0 spiro atoms. The Kier molecular flexibility index (Phi) is 3.74. The van der Waals surface area contributed by atoms with E-state index in [1.165, 1.54) is 11.0 Å². The van der Waals surface area contributed by atoms with Crippen LogP contribution in [0.15, 0.2) is 18.2 Å². The lowest BCUT2D eigenvalue weighted by Gasteiger charge is -2.33. The molecule has 1 aromatic rings. The highest BCUT2D eigenvalue weighted by Crippen LogP contribution is 2.30. The number of halogens is 2. The fourth-order valence-electron chi connectivity index (χ4n) is 2.59. The number of urea groups is 1. The van der Waals surface area contributed by atoms with E-state index in [0.717, 1.165) is 12.1 Å². The van der Waals surface area contributed by atoms with Crippen molar-refractivity contribution in [3.63, 3.8) is 0 Å². The summed E-state index contributed by atoms with van der Waals surface area (Å²) in [6, 6.07) is 2.97. The summed E-state index contributed by atoms with van der Waals surface area (Å²) in [5.41, 5.74) is -0.470. The summed E-state index contributed by atoms with van der Waals surface area (Å²) in [5.74, 6) is -2.24. The first kappa shape index (κ1) is 14.4. The average molecular weight is 282 g/mol. The molecule has 1 aliphatic rings. The van der Waals surface area contributed by atoms with Crippen LogP contribution in [0.2, 0.25) is 0 Å². The molecule has 1 N–H and O–H groups in total. The fourth-order valence-corrected chi connectivity index (χ4v) is 2.59. The van der Waals surface area contributed by atoms with E-state index in [4.69, 9.17) is 0 Å². The van der Waals surface area contributed by atoms with Gasteiger partial charge in [0.2, 0.25) is 0 Å². The fraction of sp³-hybridized carbons (Fsp3) is 0.429. The van der Waals surface area contributed by atoms with Gasteiger partial charge >= 0.3 is 6.03 Å². The van der Waals surface area contributed by atoms with Crippen molar-refractivity contribution in [2.24, 2.45) is 0 Å². The average Bonchev–Trinajstić information content (AvgIpc) is 2.65. The Hall–Kier alpha value is -1.98. The van der Waals surface area contributed by atoms with Crippen LogP contribution < -0.4 is 5.32 Å². The van der Waals surface area contributed by atoms with Crippen molar-refractivity contribution in [3.05, 3.63) is 35.4 Å². The number of carbonyl (C=O) groups excluding carboxylic acids is 2. The molecule has 3 amide bonds. The maximum absolute atomic E-state index is 13.2. The summed E-state index contributed by atoms with van der Waals surface area (Å²) < 4.78 is 26.1. The Balaban J connectivity index is 2.32. The molecule has 0 atom stereocenters. The molecule has 1 saturated heterocycles. The van der Waals surface area contributed by atoms with Crippen molar-refractivity contribution in [2.75, 3.05) is 0 Å². The molecule has 6 heteroatoms. The standard InChI is InChI=1S/C14H16F2N2O2/c1-3-14(4-2)12(19)17-13(20)18(14)8-9-5-6-10(15)11(16)7-9/h5-7H,3-4,8H2,1-2H3,(H,17,19,20). The summed E-state index contributed by atoms with van der Waals surface area (Å²) in [7, 11) is 0. The van der Waals surface area contributed by atoms with Crippen LogP contribution in [0.5, 0.6) is 0 Å². The van der Waals surface area contributed by atoms with E-state index in [9.17, 15) is 18.4 Å². The van der Waals surface area contributed by atoms with Crippen molar-refractivity contribution in [2.45, 2.75) is 38.8 Å². The highest BCUT2D eigenvalue weighted by molar-refractivity contribution is 6.06. The molecule has 108 valence electrons. The molecule has 2 rings (SSSR count). The van der Waals surface area contributed by atoms with Crippen LogP contribution in [0.3, 0.4) is 0 Å². The molecule has 0 saturated carbocycles. The molecule has 1 fully saturated rings. The number of nitrogens with one attached hydrogen (secondary N) is 1. The van der Waals surface area contributed by atoms with Gasteiger partial charge in [-0.2, -0.15) is 0 Å². The van der Waals surface area contributed by atoms with Crippen LogP contribution in [0.4, 0.5) is 13.6 Å². The maximum Gasteiger partial charge on any atom is 0.325 e. The van der Waals surface area contributed by atoms with E-state index in [1.807, 2.05) is 13.8 Å². The predicted molar refractivity (Wildman–Crippen MR) is 68.8 cm³/mol. The van der Waals surface area contributed by atoms with Gasteiger partial charge in [0, 0.05) is 6.54 Å². The second-order valence-corrected chi connectivity index (χ2v) is 4.83. The first-order chi connectivity index (χ1) is 9.44. The van der Waals surface area contributed by atoms with E-state index in [0.29, 0.717) is 18.4 Å². The Morgan fingerprint density at radius 1 is 1.15 bits per heavy atom. The smallest absolute Gasteiger partial charge is 0.305 e. The molecular formula is C14H16F2N2O2. The van der Waals surface area contributed by atoms with Crippen molar-refractivity contribution in [1.82, 2.24) is 10.2 Å². The van der Waals surface area contributed by atoms with Crippen LogP contribution >= 0.6 is 0 Å². The van der Waals surface area contributed by atoms with Gasteiger partial charge in [0.05, 0.1) is 0 Å². The zero-order chi connectivity index (χ0) is 14.9. The molecule has 0 unspecified atom stereocenters. The van der Waals surface area contributed by atoms with Crippen LogP contribution in [-0.4, -0.2) is 22.4 Å². The van der Waals surface area contributed by atoms with Gasteiger partial charge in [-0.25, -0.2) is 13.6 Å². The van der Waals surface area contributed by atoms with Crippen LogP contribution in [-0.2, 0) is 11.3 Å². The summed E-state index contributed by atoms with van der Waals surface area (Å²) in [4.78, 5) is 25.3. The van der Waals surface area contributed by atoms with Crippen molar-refractivity contribution in [3.8, 4) is 0 Å². The summed E-state index contributed by atoms with van der Waals surface area (Å²) >= 11 is 0. The molecule has 1 heterocycles. The van der Waals surface area contributed by atoms with E-state index in [-0.39, 0.29) is 12.5 Å². The van der Waals surface area contributed by atoms with Gasteiger partial charge in [-0.15, -0.1) is 0 Å². The van der Waals surface area contributed by atoms with Gasteiger partial charge in [0.15, 0.2) is 11.6 Å². The lowest BCUT2D eigenvalue weighted by atomic mass is 9.91. The highest BCUT2D eigenvalue weighted by atomic mass is 19.2. The van der Waals surface area contributed by atoms with Crippen LogP contribution in [0.25, 0.3) is 0 Å². The van der Waals surface area contributed by atoms with Gasteiger partial charge in [-0.3, -0.25) is 10.1 Å². The van der Waals surface area contributed by atoms with E-state index in [2.05, 4.69) is 5.32 Å². The monoisotopic (exact) mass is 282 g/mol. The Bertz CT molecular complexity index is 556. The second-order valence-electron chi connectivity index (χ2n) is 4.83. The quantitative estimate of drug-likeness (QED) is 0.863. The van der Waals surface area contributed by atoms with Gasteiger partial charge in [0.25, 0.3) is 5.91 Å². The molecule has 4 nitrogen and oxygen atoms in total. The molecule has 1 aromatic carbocycles. The molecule has 20 heavy (non-hydrogen) atoms. The predicted octanol–water partition coefficient (Wildman–Crippen LogP) is 2.58. The number of amides is 3. The highest BCUT2D eigenvalue weighted by Gasteiger charge is 2.50. The molecule has 0 aliphatic carbocycles. The normalized spacial score (nSPS) is 17.5. The lowest BCUT2D eigenvalue weighted by Crippen LogP contribution is -2.48. The zero-order valence-electron chi connectivity index (χ0n) is 11.4. The molecule has 0 bridgehead atoms. The van der Waals surface area contributed by atoms with Crippen molar-refractivity contribution < 1.29 is 18.4 Å². The molecular weight excluding hydrogens is 266 g/mol. The Morgan fingerprint density at radius 3 is 2.35 bits per heavy atom. The largest absolute Gasteiger partial charge is 0.325 e. The van der Waals surface area contributed by atoms with Gasteiger partial charge in [-0.1, -0.05) is 19.9 Å². The van der Waals surface area contributed by atoms with Gasteiger partial charge in [-0.05, 0) is 30.5 Å². The first-order valence-electron chi connectivity index (χ1n) is 6.51. The minimum Gasteiger partial charge on any atom is -0.305 e. The summed E-state index contributed by atoms with van der Waals surface area (Å²) in [6.45, 7) is 3.70. The number of benzene rings is 1. The number of hydrogen-bond acceptors (Lipinski definition) is 2. The van der Waals surface area contributed by atoms with Crippen molar-refractivity contribution >= 4 is 11.9 Å². The Labute approximate surface area is 115 Å². The number of rotatable bonds is 4. The van der Waals surface area contributed by atoms with Crippen LogP contribution in [0.1, 0.15) is 32.3 Å². The van der Waals surface area contributed by atoms with E-state index in [1.54, 1.807) is 0 Å². The number of imide groups is 1. The van der Waals surface area contributed by atoms with Crippen molar-refractivity contribution in [1.29, 1.82) is 0 Å². The third-order valence-corrected chi connectivity index (χ3v) is 3.90. The first-order valence-corrected chi connectivity index (χ1v) is 6.51. The topological polar surface area (TPSA) is 49.4 Å². The number of hydrogen-bond donors (Lipinski definition) is 1. The van der Waals surface area contributed by atoms with E-state index >= 15 is 0 Å². The molecule has 1 aliphatic heterocycles. The van der Waals surface area contributed by atoms with Gasteiger partial charge < -0.3 is 4.90 Å². The summed E-state index contributed by atoms with van der Waals surface area (Å²) in [6.07, 6.45) is 0.926.